The Hall–Kier alpha value is -1.81. The maximum atomic E-state index is 12.1. The molecule has 4 nitrogen and oxygen atoms in total. The Kier molecular flexibility index (Phi) is 3.74. The summed E-state index contributed by atoms with van der Waals surface area (Å²) < 4.78 is 0. The minimum atomic E-state index is 0.0999. The lowest BCUT2D eigenvalue weighted by molar-refractivity contribution is -0.127. The Morgan fingerprint density at radius 3 is 2.60 bits per heavy atom. The topological polar surface area (TPSA) is 49.6 Å². The molecule has 1 aliphatic carbocycles. The van der Waals surface area contributed by atoms with Gasteiger partial charge in [0.1, 0.15) is 0 Å². The fraction of sp³-hybridized carbons (Fsp3) is 0.438. The summed E-state index contributed by atoms with van der Waals surface area (Å²) in [5.41, 5.74) is 7.41. The Morgan fingerprint density at radius 1 is 1.20 bits per heavy atom. The molecule has 0 aromatic heterocycles. The van der Waals surface area contributed by atoms with Crippen molar-refractivity contribution in [3.05, 3.63) is 35.9 Å². The van der Waals surface area contributed by atoms with E-state index in [1.165, 1.54) is 12.8 Å². The third kappa shape index (κ3) is 3.20. The van der Waals surface area contributed by atoms with E-state index >= 15 is 0 Å². The lowest BCUT2D eigenvalue weighted by atomic mass is 10.2. The highest BCUT2D eigenvalue weighted by Crippen LogP contribution is 2.27. The zero-order chi connectivity index (χ0) is 13.9. The molecule has 1 saturated carbocycles. The van der Waals surface area contributed by atoms with Gasteiger partial charge in [-0.05, 0) is 36.6 Å². The Morgan fingerprint density at radius 2 is 1.95 bits per heavy atom. The van der Waals surface area contributed by atoms with Crippen molar-refractivity contribution < 1.29 is 4.79 Å². The summed E-state index contributed by atoms with van der Waals surface area (Å²) in [5.74, 6) is 0.0999. The molecule has 2 aliphatic rings. The normalized spacial score (nSPS) is 20.5. The van der Waals surface area contributed by atoms with Crippen molar-refractivity contribution in [1.29, 1.82) is 0 Å². The van der Waals surface area contributed by atoms with Crippen molar-refractivity contribution in [1.82, 2.24) is 9.80 Å². The molecule has 1 aliphatic heterocycles. The molecular weight excluding hydrogens is 250 g/mol. The monoisotopic (exact) mass is 271 g/mol. The van der Waals surface area contributed by atoms with Gasteiger partial charge >= 0.3 is 0 Å². The van der Waals surface area contributed by atoms with Gasteiger partial charge < -0.3 is 10.6 Å². The van der Waals surface area contributed by atoms with Gasteiger partial charge in [0.2, 0.25) is 5.91 Å². The molecule has 1 heterocycles. The number of rotatable bonds is 3. The van der Waals surface area contributed by atoms with Crippen LogP contribution in [0.1, 0.15) is 18.4 Å². The quantitative estimate of drug-likeness (QED) is 0.671. The highest BCUT2D eigenvalue weighted by atomic mass is 16.2. The SMILES string of the molecule is Nc1cccc(/C=C/C(=O)N2CCN(C3CC3)CC2)c1. The number of hydrogen-bond acceptors (Lipinski definition) is 3. The largest absolute Gasteiger partial charge is 0.399 e. The maximum absolute atomic E-state index is 12.1. The van der Waals surface area contributed by atoms with Gasteiger partial charge in [-0.2, -0.15) is 0 Å². The van der Waals surface area contributed by atoms with Gasteiger partial charge in [0.25, 0.3) is 0 Å². The summed E-state index contributed by atoms with van der Waals surface area (Å²) in [6, 6.07) is 8.36. The van der Waals surface area contributed by atoms with Crippen LogP contribution in [0.5, 0.6) is 0 Å². The second kappa shape index (κ2) is 5.67. The number of nitrogen functional groups attached to an aromatic ring is 1. The second-order valence-electron chi connectivity index (χ2n) is 5.60. The summed E-state index contributed by atoms with van der Waals surface area (Å²) in [4.78, 5) is 16.6. The van der Waals surface area contributed by atoms with Crippen molar-refractivity contribution in [2.45, 2.75) is 18.9 Å². The zero-order valence-electron chi connectivity index (χ0n) is 11.7. The molecular formula is C16H21N3O. The number of nitrogens with two attached hydrogens (primary N) is 1. The number of nitrogens with zero attached hydrogens (tertiary/aromatic N) is 2. The van der Waals surface area contributed by atoms with Gasteiger partial charge in [0.15, 0.2) is 0 Å². The highest BCUT2D eigenvalue weighted by Gasteiger charge is 2.31. The molecule has 106 valence electrons. The van der Waals surface area contributed by atoms with E-state index in [1.807, 2.05) is 35.2 Å². The average Bonchev–Trinajstić information content (AvgIpc) is 3.30. The van der Waals surface area contributed by atoms with Crippen LogP contribution in [0.15, 0.2) is 30.3 Å². The van der Waals surface area contributed by atoms with Crippen molar-refractivity contribution in [3.8, 4) is 0 Å². The Labute approximate surface area is 119 Å². The molecule has 0 spiro atoms. The van der Waals surface area contributed by atoms with Crippen LogP contribution >= 0.6 is 0 Å². The summed E-state index contributed by atoms with van der Waals surface area (Å²) in [6.45, 7) is 3.72. The lowest BCUT2D eigenvalue weighted by Gasteiger charge is -2.34. The van der Waals surface area contributed by atoms with E-state index in [-0.39, 0.29) is 5.91 Å². The molecule has 3 rings (SSSR count). The summed E-state index contributed by atoms with van der Waals surface area (Å²) in [5, 5.41) is 0. The first-order valence-corrected chi connectivity index (χ1v) is 7.29. The first-order valence-electron chi connectivity index (χ1n) is 7.29. The Balaban J connectivity index is 1.54. The summed E-state index contributed by atoms with van der Waals surface area (Å²) in [7, 11) is 0. The van der Waals surface area contributed by atoms with Crippen LogP contribution in [-0.2, 0) is 4.79 Å². The summed E-state index contributed by atoms with van der Waals surface area (Å²) >= 11 is 0. The van der Waals surface area contributed by atoms with E-state index < -0.39 is 0 Å². The number of anilines is 1. The zero-order valence-corrected chi connectivity index (χ0v) is 11.7. The van der Waals surface area contributed by atoms with Gasteiger partial charge in [0, 0.05) is 44.0 Å². The number of benzene rings is 1. The first-order chi connectivity index (χ1) is 9.72. The standard InChI is InChI=1S/C16H21N3O/c17-14-3-1-2-13(12-14)4-7-16(20)19-10-8-18(9-11-19)15-5-6-15/h1-4,7,12,15H,5-6,8-11,17H2/b7-4+. The molecule has 1 amide bonds. The number of carbonyl (C=O) groups excluding carboxylic acids is 1. The molecule has 2 N–H and O–H groups in total. The molecule has 20 heavy (non-hydrogen) atoms. The van der Waals surface area contributed by atoms with E-state index in [0.29, 0.717) is 0 Å². The van der Waals surface area contributed by atoms with Crippen molar-refractivity contribution in [2.75, 3.05) is 31.9 Å². The van der Waals surface area contributed by atoms with Gasteiger partial charge in [-0.15, -0.1) is 0 Å². The molecule has 0 radical (unpaired) electrons. The third-order valence-corrected chi connectivity index (χ3v) is 4.02. The van der Waals surface area contributed by atoms with E-state index in [9.17, 15) is 4.79 Å². The van der Waals surface area contributed by atoms with Crippen molar-refractivity contribution >= 4 is 17.7 Å². The van der Waals surface area contributed by atoms with E-state index in [1.54, 1.807) is 6.08 Å². The predicted octanol–water partition coefficient (Wildman–Crippen LogP) is 1.59. The van der Waals surface area contributed by atoms with E-state index in [2.05, 4.69) is 4.90 Å². The third-order valence-electron chi connectivity index (χ3n) is 4.02. The van der Waals surface area contributed by atoms with Crippen LogP contribution in [0, 0.1) is 0 Å². The van der Waals surface area contributed by atoms with Crippen molar-refractivity contribution in [3.63, 3.8) is 0 Å². The molecule has 1 aromatic carbocycles. The number of piperazine rings is 1. The minimum absolute atomic E-state index is 0.0999. The highest BCUT2D eigenvalue weighted by molar-refractivity contribution is 5.92. The molecule has 0 unspecified atom stereocenters. The number of amides is 1. The molecule has 0 bridgehead atoms. The van der Waals surface area contributed by atoms with Crippen LogP contribution in [0.2, 0.25) is 0 Å². The Bertz CT molecular complexity index is 514. The fourth-order valence-electron chi connectivity index (χ4n) is 2.68. The second-order valence-corrected chi connectivity index (χ2v) is 5.60. The molecule has 2 fully saturated rings. The van der Waals surface area contributed by atoms with Crippen LogP contribution in [0.4, 0.5) is 5.69 Å². The van der Waals surface area contributed by atoms with Crippen LogP contribution in [0.25, 0.3) is 6.08 Å². The van der Waals surface area contributed by atoms with Crippen molar-refractivity contribution in [2.24, 2.45) is 0 Å². The van der Waals surface area contributed by atoms with E-state index in [4.69, 9.17) is 5.73 Å². The van der Waals surface area contributed by atoms with Gasteiger partial charge in [-0.3, -0.25) is 9.69 Å². The number of carbonyl (C=O) groups is 1. The van der Waals surface area contributed by atoms with E-state index in [0.717, 1.165) is 43.5 Å². The summed E-state index contributed by atoms with van der Waals surface area (Å²) in [6.07, 6.45) is 6.17. The predicted molar refractivity (Wildman–Crippen MR) is 81.1 cm³/mol. The molecule has 0 atom stereocenters. The smallest absolute Gasteiger partial charge is 0.246 e. The lowest BCUT2D eigenvalue weighted by Crippen LogP contribution is -2.48. The van der Waals surface area contributed by atoms with Crippen LogP contribution < -0.4 is 5.73 Å². The average molecular weight is 271 g/mol. The van der Waals surface area contributed by atoms with Gasteiger partial charge in [-0.25, -0.2) is 0 Å². The van der Waals surface area contributed by atoms with Crippen LogP contribution in [-0.4, -0.2) is 47.9 Å². The minimum Gasteiger partial charge on any atom is -0.399 e. The maximum Gasteiger partial charge on any atom is 0.246 e. The van der Waals surface area contributed by atoms with Gasteiger partial charge in [0.05, 0.1) is 0 Å². The number of hydrogen-bond donors (Lipinski definition) is 1. The van der Waals surface area contributed by atoms with Crippen LogP contribution in [0.3, 0.4) is 0 Å². The first kappa shape index (κ1) is 13.2. The molecule has 4 heteroatoms. The van der Waals surface area contributed by atoms with Gasteiger partial charge in [-0.1, -0.05) is 12.1 Å². The fourth-order valence-corrected chi connectivity index (χ4v) is 2.68. The molecule has 1 aromatic rings. The molecule has 1 saturated heterocycles.